The molecule has 0 amide bonds. The van der Waals surface area contributed by atoms with Crippen LogP contribution in [0.2, 0.25) is 0 Å². The summed E-state index contributed by atoms with van der Waals surface area (Å²) in [4.78, 5) is 16.8. The summed E-state index contributed by atoms with van der Waals surface area (Å²) in [6.45, 7) is 6.54. The summed E-state index contributed by atoms with van der Waals surface area (Å²) in [7, 11) is 0. The maximum Gasteiger partial charge on any atom is 0.309 e. The SMILES string of the molecule is CCOC(=O)[C@H]1[C@@H]2Cc3cc(OCc4cc(-c5ccc(OCC6CCOCC6)nc5C)ccc4F)ccc3[C@@H]21. The van der Waals surface area contributed by atoms with Crippen molar-refractivity contribution in [3.63, 3.8) is 0 Å². The van der Waals surface area contributed by atoms with Crippen LogP contribution in [0, 0.1) is 30.5 Å². The number of esters is 1. The maximum atomic E-state index is 14.7. The Morgan fingerprint density at radius 1 is 1.08 bits per heavy atom. The van der Waals surface area contributed by atoms with Crippen LogP contribution in [0.1, 0.15) is 48.1 Å². The lowest BCUT2D eigenvalue weighted by Gasteiger charge is -2.22. The monoisotopic (exact) mass is 531 g/mol. The van der Waals surface area contributed by atoms with Gasteiger partial charge in [0.15, 0.2) is 0 Å². The van der Waals surface area contributed by atoms with Gasteiger partial charge in [-0.2, -0.15) is 0 Å². The largest absolute Gasteiger partial charge is 0.489 e. The van der Waals surface area contributed by atoms with Crippen LogP contribution in [0.3, 0.4) is 0 Å². The second-order valence-corrected chi connectivity index (χ2v) is 10.8. The number of aryl methyl sites for hydroxylation is 1. The second kappa shape index (κ2) is 11.0. The Balaban J connectivity index is 1.09. The minimum absolute atomic E-state index is 0.00776. The number of ether oxygens (including phenoxy) is 4. The summed E-state index contributed by atoms with van der Waals surface area (Å²) in [5.41, 5.74) is 5.55. The predicted molar refractivity (Wildman–Crippen MR) is 144 cm³/mol. The van der Waals surface area contributed by atoms with Crippen LogP contribution in [0.5, 0.6) is 11.6 Å². The van der Waals surface area contributed by atoms with Crippen molar-refractivity contribution < 1.29 is 28.1 Å². The molecule has 7 heteroatoms. The number of carbonyl (C=O) groups is 1. The van der Waals surface area contributed by atoms with Gasteiger partial charge >= 0.3 is 5.97 Å². The van der Waals surface area contributed by atoms with Gasteiger partial charge in [0.05, 0.1) is 19.1 Å². The summed E-state index contributed by atoms with van der Waals surface area (Å²) in [6.07, 6.45) is 2.88. The predicted octanol–water partition coefficient (Wildman–Crippen LogP) is 6.03. The number of halogens is 1. The maximum absolute atomic E-state index is 14.7. The van der Waals surface area contributed by atoms with Gasteiger partial charge in [-0.05, 0) is 92.0 Å². The van der Waals surface area contributed by atoms with E-state index in [4.69, 9.17) is 18.9 Å². The molecule has 3 atom stereocenters. The van der Waals surface area contributed by atoms with Crippen molar-refractivity contribution >= 4 is 5.97 Å². The molecule has 0 spiro atoms. The average Bonchev–Trinajstić information content (AvgIpc) is 3.54. The minimum Gasteiger partial charge on any atom is -0.489 e. The van der Waals surface area contributed by atoms with Crippen LogP contribution < -0.4 is 9.47 Å². The molecule has 3 aliphatic rings. The van der Waals surface area contributed by atoms with Crippen molar-refractivity contribution in [3.05, 3.63) is 76.7 Å². The molecule has 0 bridgehead atoms. The molecular weight excluding hydrogens is 497 g/mol. The van der Waals surface area contributed by atoms with Gasteiger partial charge in [0.1, 0.15) is 18.2 Å². The van der Waals surface area contributed by atoms with Crippen molar-refractivity contribution in [2.45, 2.75) is 45.6 Å². The zero-order valence-corrected chi connectivity index (χ0v) is 22.5. The molecule has 2 fully saturated rings. The van der Waals surface area contributed by atoms with Crippen molar-refractivity contribution in [1.82, 2.24) is 4.98 Å². The summed E-state index contributed by atoms with van der Waals surface area (Å²) in [5.74, 6) is 2.01. The van der Waals surface area contributed by atoms with Crippen LogP contribution >= 0.6 is 0 Å². The molecule has 1 aliphatic heterocycles. The lowest BCUT2D eigenvalue weighted by atomic mass is 10.0. The van der Waals surface area contributed by atoms with Gasteiger partial charge in [-0.1, -0.05) is 12.1 Å². The van der Waals surface area contributed by atoms with E-state index in [1.54, 1.807) is 6.07 Å². The first-order valence-corrected chi connectivity index (χ1v) is 13.9. The van der Waals surface area contributed by atoms with Crippen LogP contribution in [-0.4, -0.2) is 37.4 Å². The molecular formula is C32H34FNO5. The van der Waals surface area contributed by atoms with Crippen molar-refractivity contribution in [2.75, 3.05) is 26.4 Å². The first-order chi connectivity index (χ1) is 19.0. The Morgan fingerprint density at radius 2 is 1.92 bits per heavy atom. The highest BCUT2D eigenvalue weighted by molar-refractivity contribution is 5.79. The van der Waals surface area contributed by atoms with E-state index in [0.29, 0.717) is 42.2 Å². The molecule has 0 radical (unpaired) electrons. The zero-order chi connectivity index (χ0) is 26.9. The van der Waals surface area contributed by atoms with Gasteiger partial charge in [-0.3, -0.25) is 4.79 Å². The quantitative estimate of drug-likeness (QED) is 0.314. The molecule has 204 valence electrons. The van der Waals surface area contributed by atoms with Crippen molar-refractivity contribution in [1.29, 1.82) is 0 Å². The Hall–Kier alpha value is -3.45. The number of nitrogens with zero attached hydrogens (tertiary/aromatic N) is 1. The number of fused-ring (bicyclic) bond motifs is 3. The second-order valence-electron chi connectivity index (χ2n) is 10.8. The third-order valence-corrected chi connectivity index (χ3v) is 8.28. The summed E-state index contributed by atoms with van der Waals surface area (Å²) < 4.78 is 37.3. The Bertz CT molecular complexity index is 1370. The molecule has 6 rings (SSSR count). The number of carbonyl (C=O) groups excluding carboxylic acids is 1. The summed E-state index contributed by atoms with van der Waals surface area (Å²) in [6, 6.07) is 14.9. The lowest BCUT2D eigenvalue weighted by Crippen LogP contribution is -2.21. The van der Waals surface area contributed by atoms with Crippen molar-refractivity contribution in [3.8, 4) is 22.8 Å². The van der Waals surface area contributed by atoms with Crippen LogP contribution in [-0.2, 0) is 27.3 Å². The van der Waals surface area contributed by atoms with Gasteiger partial charge in [0, 0.05) is 42.0 Å². The fraction of sp³-hybridized carbons (Fsp3) is 0.438. The normalized spacial score (nSPS) is 21.7. The number of aromatic nitrogens is 1. The summed E-state index contributed by atoms with van der Waals surface area (Å²) >= 11 is 0. The van der Waals surface area contributed by atoms with Crippen LogP contribution in [0.25, 0.3) is 11.1 Å². The van der Waals surface area contributed by atoms with E-state index in [0.717, 1.165) is 49.3 Å². The van der Waals surface area contributed by atoms with E-state index < -0.39 is 0 Å². The molecule has 3 aromatic rings. The topological polar surface area (TPSA) is 66.9 Å². The average molecular weight is 532 g/mol. The highest BCUT2D eigenvalue weighted by Gasteiger charge is 2.60. The molecule has 6 nitrogen and oxygen atoms in total. The Labute approximate surface area is 228 Å². The molecule has 0 N–H and O–H groups in total. The molecule has 2 heterocycles. The van der Waals surface area contributed by atoms with E-state index in [1.807, 2.05) is 50.2 Å². The number of hydrogen-bond acceptors (Lipinski definition) is 6. The first-order valence-electron chi connectivity index (χ1n) is 13.9. The highest BCUT2D eigenvalue weighted by Crippen LogP contribution is 2.62. The van der Waals surface area contributed by atoms with E-state index in [2.05, 4.69) is 4.98 Å². The van der Waals surface area contributed by atoms with Gasteiger partial charge in [0.2, 0.25) is 5.88 Å². The molecule has 1 aromatic heterocycles. The van der Waals surface area contributed by atoms with Gasteiger partial charge in [0.25, 0.3) is 0 Å². The highest BCUT2D eigenvalue weighted by atomic mass is 19.1. The van der Waals surface area contributed by atoms with E-state index in [-0.39, 0.29) is 30.2 Å². The Morgan fingerprint density at radius 3 is 2.72 bits per heavy atom. The molecule has 0 unspecified atom stereocenters. The van der Waals surface area contributed by atoms with Gasteiger partial charge in [-0.15, -0.1) is 0 Å². The third kappa shape index (κ3) is 5.37. The number of rotatable bonds is 9. The van der Waals surface area contributed by atoms with E-state index in [1.165, 1.54) is 17.2 Å². The number of pyridine rings is 1. The smallest absolute Gasteiger partial charge is 0.309 e. The number of hydrogen-bond donors (Lipinski definition) is 0. The lowest BCUT2D eigenvalue weighted by molar-refractivity contribution is -0.145. The molecule has 1 saturated carbocycles. The van der Waals surface area contributed by atoms with Gasteiger partial charge in [-0.25, -0.2) is 9.37 Å². The van der Waals surface area contributed by atoms with Gasteiger partial charge < -0.3 is 18.9 Å². The summed E-state index contributed by atoms with van der Waals surface area (Å²) in [5, 5.41) is 0. The number of benzene rings is 2. The standard InChI is InChI=1S/C32H34FNO5/c1-3-37-32(35)31-27-16-22-15-24(5-6-26(22)30(27)31)38-18-23-14-21(4-8-28(23)33)25-7-9-29(34-19(25)2)39-17-20-10-12-36-13-11-20/h4-9,14-15,20,27,30-31H,3,10-13,16-18H2,1-2H3/t27-,30+,31+/m1/s1. The molecule has 39 heavy (non-hydrogen) atoms. The third-order valence-electron chi connectivity index (χ3n) is 8.28. The molecule has 2 aromatic carbocycles. The molecule has 2 aliphatic carbocycles. The molecule has 1 saturated heterocycles. The van der Waals surface area contributed by atoms with Crippen molar-refractivity contribution in [2.24, 2.45) is 17.8 Å². The fourth-order valence-electron chi connectivity index (χ4n) is 6.09. The fourth-order valence-corrected chi connectivity index (χ4v) is 6.09. The van der Waals surface area contributed by atoms with E-state index >= 15 is 0 Å². The minimum atomic E-state index is -0.305. The first kappa shape index (κ1) is 25.8. The van der Waals surface area contributed by atoms with Crippen LogP contribution in [0.4, 0.5) is 4.39 Å². The van der Waals surface area contributed by atoms with E-state index in [9.17, 15) is 9.18 Å². The van der Waals surface area contributed by atoms with Crippen LogP contribution in [0.15, 0.2) is 48.5 Å². The Kier molecular flexibility index (Phi) is 7.26. The zero-order valence-electron chi connectivity index (χ0n) is 22.5.